The lowest BCUT2D eigenvalue weighted by Crippen LogP contribution is -2.69. The molecule has 38 heavy (non-hydrogen) atoms. The van der Waals surface area contributed by atoms with Gasteiger partial charge in [0.15, 0.2) is 12.1 Å². The van der Waals surface area contributed by atoms with Crippen LogP contribution in [0.4, 0.5) is 24.7 Å². The Morgan fingerprint density at radius 2 is 2.00 bits per heavy atom. The van der Waals surface area contributed by atoms with Crippen LogP contribution in [0.2, 0.25) is 0 Å². The number of aldehydes is 1. The summed E-state index contributed by atoms with van der Waals surface area (Å²) in [6.07, 6.45) is 0.717. The highest BCUT2D eigenvalue weighted by atomic mass is 32.2. The molecule has 0 atom stereocenters. The van der Waals surface area contributed by atoms with Gasteiger partial charge in [-0.3, -0.25) is 9.59 Å². The highest BCUT2D eigenvalue weighted by molar-refractivity contribution is 7.99. The molecule has 0 aromatic carbocycles. The van der Waals surface area contributed by atoms with Gasteiger partial charge in [0.05, 0.1) is 40.0 Å². The zero-order chi connectivity index (χ0) is 27.5. The second kappa shape index (κ2) is 10.8. The molecule has 1 amide bonds. The van der Waals surface area contributed by atoms with E-state index in [1.165, 1.54) is 34.9 Å². The van der Waals surface area contributed by atoms with Crippen molar-refractivity contribution in [3.05, 3.63) is 59.2 Å². The second-order valence-electron chi connectivity index (χ2n) is 8.70. The van der Waals surface area contributed by atoms with E-state index in [0.29, 0.717) is 42.1 Å². The lowest BCUT2D eigenvalue weighted by atomic mass is 9.84. The molecule has 4 rings (SSSR count). The zero-order valence-electron chi connectivity index (χ0n) is 20.4. The van der Waals surface area contributed by atoms with Crippen molar-refractivity contribution in [1.82, 2.24) is 25.1 Å². The van der Waals surface area contributed by atoms with Gasteiger partial charge in [-0.05, 0) is 37.6 Å². The molecule has 0 unspecified atom stereocenters. The van der Waals surface area contributed by atoms with E-state index in [9.17, 15) is 22.8 Å². The number of anilines is 2. The number of pyridine rings is 2. The number of alkyl halides is 3. The van der Waals surface area contributed by atoms with E-state index in [-0.39, 0.29) is 29.5 Å². The molecule has 3 aromatic rings. The van der Waals surface area contributed by atoms with Crippen molar-refractivity contribution < 1.29 is 22.8 Å². The zero-order valence-corrected chi connectivity index (χ0v) is 21.2. The fourth-order valence-electron chi connectivity index (χ4n) is 4.18. The normalized spacial score (nSPS) is 14.5. The number of aromatic nitrogens is 4. The molecular weight excluding hydrogens is 521 g/mol. The van der Waals surface area contributed by atoms with Crippen LogP contribution >= 0.6 is 11.8 Å². The van der Waals surface area contributed by atoms with Gasteiger partial charge in [-0.1, -0.05) is 0 Å². The molecule has 0 aliphatic carbocycles. The first kappa shape index (κ1) is 27.1. The summed E-state index contributed by atoms with van der Waals surface area (Å²) >= 11 is 1.32. The third-order valence-electron chi connectivity index (χ3n) is 6.17. The summed E-state index contributed by atoms with van der Waals surface area (Å²) in [5.41, 5.74) is -0.0311. The summed E-state index contributed by atoms with van der Waals surface area (Å²) in [5.74, 6) is 0.314. The summed E-state index contributed by atoms with van der Waals surface area (Å²) in [6.45, 7) is 0.843. The van der Waals surface area contributed by atoms with Crippen LogP contribution in [0.1, 0.15) is 27.3 Å². The quantitative estimate of drug-likeness (QED) is 0.391. The maximum atomic E-state index is 12.9. The van der Waals surface area contributed by atoms with Crippen molar-refractivity contribution in [3.8, 4) is 11.9 Å². The molecule has 2 N–H and O–H groups in total. The van der Waals surface area contributed by atoms with Crippen LogP contribution in [-0.2, 0) is 17.4 Å². The summed E-state index contributed by atoms with van der Waals surface area (Å²) in [5, 5.41) is 19.7. The van der Waals surface area contributed by atoms with Crippen LogP contribution < -0.4 is 15.5 Å². The van der Waals surface area contributed by atoms with Crippen molar-refractivity contribution in [2.45, 2.75) is 18.1 Å². The molecule has 198 valence electrons. The third-order valence-corrected chi connectivity index (χ3v) is 6.72. The highest BCUT2D eigenvalue weighted by Crippen LogP contribution is 2.34. The number of hydrogen-bond acceptors (Lipinski definition) is 9. The number of nitriles is 1. The first-order valence-electron chi connectivity index (χ1n) is 11.3. The fourth-order valence-corrected chi connectivity index (χ4v) is 4.51. The Balaban J connectivity index is 1.62. The van der Waals surface area contributed by atoms with Crippen molar-refractivity contribution in [2.24, 2.45) is 0 Å². The Bertz CT molecular complexity index is 1360. The number of thioether (sulfide) groups is 1. The van der Waals surface area contributed by atoms with Gasteiger partial charge >= 0.3 is 6.18 Å². The van der Waals surface area contributed by atoms with Crippen LogP contribution in [0.25, 0.3) is 5.82 Å². The lowest BCUT2D eigenvalue weighted by molar-refractivity contribution is -0.141. The molecule has 1 saturated heterocycles. The van der Waals surface area contributed by atoms with Crippen LogP contribution in [0, 0.1) is 11.3 Å². The minimum absolute atomic E-state index is 0.163. The van der Waals surface area contributed by atoms with E-state index in [4.69, 9.17) is 5.26 Å². The molecule has 4 heterocycles. The van der Waals surface area contributed by atoms with Gasteiger partial charge in [0.1, 0.15) is 17.6 Å². The summed E-state index contributed by atoms with van der Waals surface area (Å²) in [4.78, 5) is 34.3. The van der Waals surface area contributed by atoms with E-state index in [1.807, 2.05) is 11.0 Å². The van der Waals surface area contributed by atoms with Crippen LogP contribution in [0.15, 0.2) is 36.7 Å². The van der Waals surface area contributed by atoms with Gasteiger partial charge in [-0.2, -0.15) is 40.0 Å². The Labute approximate surface area is 220 Å². The van der Waals surface area contributed by atoms with Gasteiger partial charge in [0.2, 0.25) is 5.91 Å². The van der Waals surface area contributed by atoms with E-state index < -0.39 is 17.4 Å². The van der Waals surface area contributed by atoms with Gasteiger partial charge in [0.25, 0.3) is 0 Å². The number of carbonyl (C=O) groups is 2. The molecule has 0 radical (unpaired) electrons. The van der Waals surface area contributed by atoms with Crippen molar-refractivity contribution in [1.29, 1.82) is 5.26 Å². The SMILES string of the molecule is CNC1(Cc2nn(-c3ccc(C#N)cn3)c(NC(=O)CSC)c2C=O)CN(c2ccc(C(F)(F)F)nc2)C1. The number of rotatable bonds is 9. The second-order valence-corrected chi connectivity index (χ2v) is 9.57. The van der Waals surface area contributed by atoms with Crippen LogP contribution in [0.5, 0.6) is 0 Å². The van der Waals surface area contributed by atoms with Crippen molar-refractivity contribution in [3.63, 3.8) is 0 Å². The molecule has 1 fully saturated rings. The molecule has 0 spiro atoms. The fraction of sp³-hybridized carbons (Fsp3) is 0.333. The third kappa shape index (κ3) is 5.48. The summed E-state index contributed by atoms with van der Waals surface area (Å²) < 4.78 is 39.9. The largest absolute Gasteiger partial charge is 0.433 e. The lowest BCUT2D eigenvalue weighted by Gasteiger charge is -2.51. The van der Waals surface area contributed by atoms with Gasteiger partial charge in [-0.15, -0.1) is 0 Å². The smallest absolute Gasteiger partial charge is 0.366 e. The minimum atomic E-state index is -4.51. The number of nitrogens with one attached hydrogen (secondary N) is 2. The van der Waals surface area contributed by atoms with E-state index in [1.54, 1.807) is 25.4 Å². The van der Waals surface area contributed by atoms with E-state index in [2.05, 4.69) is 25.7 Å². The van der Waals surface area contributed by atoms with E-state index in [0.717, 1.165) is 6.07 Å². The average Bonchev–Trinajstić information content (AvgIpc) is 3.21. The molecule has 14 heteroatoms. The maximum Gasteiger partial charge on any atom is 0.433 e. The van der Waals surface area contributed by atoms with E-state index >= 15 is 0 Å². The monoisotopic (exact) mass is 544 g/mol. The molecular formula is C24H23F3N8O2S. The first-order valence-corrected chi connectivity index (χ1v) is 12.7. The van der Waals surface area contributed by atoms with Gasteiger partial charge < -0.3 is 15.5 Å². The van der Waals surface area contributed by atoms with Crippen molar-refractivity contribution >= 4 is 35.5 Å². The number of hydrogen-bond donors (Lipinski definition) is 2. The molecule has 0 saturated carbocycles. The first-order chi connectivity index (χ1) is 18.1. The number of halogens is 3. The predicted molar refractivity (Wildman–Crippen MR) is 135 cm³/mol. The molecule has 3 aromatic heterocycles. The Morgan fingerprint density at radius 3 is 2.53 bits per heavy atom. The Morgan fingerprint density at radius 1 is 1.24 bits per heavy atom. The van der Waals surface area contributed by atoms with Crippen LogP contribution in [-0.4, -0.2) is 69.6 Å². The molecule has 1 aliphatic heterocycles. The molecule has 10 nitrogen and oxygen atoms in total. The minimum Gasteiger partial charge on any atom is -0.366 e. The Kier molecular flexibility index (Phi) is 7.70. The maximum absolute atomic E-state index is 12.9. The standard InChI is InChI=1S/C24H23F3N8O2S/c1-29-23(13-34(14-23)16-4-5-19(30-10-16)24(25,26)27)7-18-17(11-36)22(32-21(37)12-38-2)35(33-18)20-6-3-15(8-28)9-31-20/h3-6,9-11,29H,7,12-14H2,1-2H3,(H,32,37). The summed E-state index contributed by atoms with van der Waals surface area (Å²) in [7, 11) is 1.75. The molecule has 1 aliphatic rings. The topological polar surface area (TPSA) is 129 Å². The predicted octanol–water partition coefficient (Wildman–Crippen LogP) is 2.69. The number of amides is 1. The van der Waals surface area contributed by atoms with Crippen LogP contribution in [0.3, 0.4) is 0 Å². The van der Waals surface area contributed by atoms with Gasteiger partial charge in [0, 0.05) is 25.7 Å². The summed E-state index contributed by atoms with van der Waals surface area (Å²) in [6, 6.07) is 7.41. The van der Waals surface area contributed by atoms with Gasteiger partial charge in [-0.25, -0.2) is 9.97 Å². The number of carbonyl (C=O) groups excluding carboxylic acids is 2. The highest BCUT2D eigenvalue weighted by Gasteiger charge is 2.44. The number of likely N-dealkylation sites (N-methyl/N-ethyl adjacent to an activating group) is 1. The number of nitrogens with zero attached hydrogens (tertiary/aromatic N) is 6. The average molecular weight is 545 g/mol. The van der Waals surface area contributed by atoms with Crippen molar-refractivity contribution in [2.75, 3.05) is 42.4 Å². The molecule has 0 bridgehead atoms. The Hall–Kier alpha value is -3.96.